The van der Waals surface area contributed by atoms with Crippen molar-refractivity contribution in [2.24, 2.45) is 0 Å². The van der Waals surface area contributed by atoms with Gasteiger partial charge in [-0.2, -0.15) is 129 Å². The summed E-state index contributed by atoms with van der Waals surface area (Å²) < 4.78 is 0. The fourth-order valence-electron chi connectivity index (χ4n) is 1.66. The molecule has 2 unspecified atom stereocenters. The van der Waals surface area contributed by atoms with E-state index < -0.39 is 0 Å². The molecule has 0 bridgehead atoms. The normalized spacial score (nSPS) is 7.20. The summed E-state index contributed by atoms with van der Waals surface area (Å²) in [4.78, 5) is 22.0. The van der Waals surface area contributed by atoms with E-state index in [0.29, 0.717) is 0 Å². The van der Waals surface area contributed by atoms with E-state index in [1.165, 1.54) is 0 Å². The number of rotatable bonds is 0. The van der Waals surface area contributed by atoms with Crippen LogP contribution in [0.15, 0.2) is 146 Å². The zero-order valence-corrected chi connectivity index (χ0v) is 28.6. The molecule has 2 atom stereocenters. The zero-order chi connectivity index (χ0) is 25.5. The van der Waals surface area contributed by atoms with E-state index in [1.54, 1.807) is 73.6 Å². The molecule has 6 nitrogen and oxygen atoms in total. The van der Waals surface area contributed by atoms with Crippen LogP contribution in [0.2, 0.25) is 0 Å². The number of nitrogens with zero attached hydrogens (tertiary/aromatic N) is 6. The molecule has 0 aliphatic heterocycles. The molecule has 0 aliphatic rings. The van der Waals surface area contributed by atoms with E-state index in [4.69, 9.17) is 0 Å². The number of hydrogen-bond donors (Lipinski definition) is 0. The molecule has 6 aromatic heterocycles. The Hall–Kier alpha value is -2.98. The summed E-state index contributed by atoms with van der Waals surface area (Å²) >= 11 is 0. The quantitative estimate of drug-likeness (QED) is 0.116. The molecule has 0 N–H and O–H groups in total. The predicted octanol–water partition coefficient (Wildman–Crippen LogP) is 5.40. The molecule has 6 aromatic rings. The van der Waals surface area contributed by atoms with Gasteiger partial charge in [-0.1, -0.05) is 74.4 Å². The smallest absolute Gasteiger partial charge is 0.394 e. The first-order valence-electron chi connectivity index (χ1n) is 10.6. The fraction of sp³-hybridized carbons (Fsp3) is 0. The monoisotopic (exact) mass is 831 g/mol. The van der Waals surface area contributed by atoms with Gasteiger partial charge >= 0.3 is 19.8 Å². The van der Waals surface area contributed by atoms with Gasteiger partial charge in [0.15, 0.2) is 0 Å². The summed E-state index contributed by atoms with van der Waals surface area (Å²) in [5, 5.41) is 0. The van der Waals surface area contributed by atoms with Gasteiger partial charge in [0.25, 0.3) is 0 Å². The van der Waals surface area contributed by atoms with E-state index in [9.17, 15) is 0 Å². The van der Waals surface area contributed by atoms with Crippen LogP contribution in [-0.2, 0) is 39.3 Å². The van der Waals surface area contributed by atoms with Crippen molar-refractivity contribution in [3.05, 3.63) is 184 Å². The maximum atomic E-state index is 3.66. The second-order valence-electron chi connectivity index (χ2n) is 5.75. The van der Waals surface area contributed by atoms with Gasteiger partial charge in [0.1, 0.15) is 0 Å². The number of hydrogen-bond acceptors (Lipinski definition) is 6. The third-order valence-corrected chi connectivity index (χ3v) is 3.10. The standard InChI is InChI=1S/6C5H4N.Os.2H3P.Rh/c6*1-2-4-6-5-3-1;;;;/h6*1-4H;;2*1H3;/q6*-1;+6;;;. The van der Waals surface area contributed by atoms with Gasteiger partial charge < -0.3 is 29.9 Å². The molecule has 0 saturated heterocycles. The molecule has 10 heteroatoms. The Labute approximate surface area is 271 Å². The Balaban J connectivity index is -0.000000191. The summed E-state index contributed by atoms with van der Waals surface area (Å²) in [5.41, 5.74) is 0. The molecular formula is C30H30N6OsP2Rh. The summed E-state index contributed by atoms with van der Waals surface area (Å²) in [5.74, 6) is 0. The van der Waals surface area contributed by atoms with Crippen LogP contribution in [-0.4, -0.2) is 29.9 Å². The molecule has 0 amide bonds. The van der Waals surface area contributed by atoms with Gasteiger partial charge in [0.2, 0.25) is 0 Å². The van der Waals surface area contributed by atoms with Gasteiger partial charge in [-0.05, 0) is 0 Å². The molecule has 1 radical (unpaired) electrons. The van der Waals surface area contributed by atoms with Gasteiger partial charge in [-0.15, -0.1) is 0 Å². The molecule has 6 rings (SSSR count). The molecule has 0 fully saturated rings. The minimum absolute atomic E-state index is 0. The maximum Gasteiger partial charge on any atom is 6.00 e. The molecule has 0 aliphatic carbocycles. The van der Waals surface area contributed by atoms with Crippen LogP contribution in [0.5, 0.6) is 0 Å². The first-order chi connectivity index (χ1) is 18.0. The number of pyridine rings is 6. The van der Waals surface area contributed by atoms with Crippen LogP contribution in [0.3, 0.4) is 0 Å². The van der Waals surface area contributed by atoms with Crippen LogP contribution in [0.1, 0.15) is 0 Å². The van der Waals surface area contributed by atoms with E-state index >= 15 is 0 Å². The van der Waals surface area contributed by atoms with Crippen LogP contribution >= 0.6 is 19.8 Å². The second-order valence-corrected chi connectivity index (χ2v) is 5.75. The van der Waals surface area contributed by atoms with Crippen molar-refractivity contribution in [1.82, 2.24) is 29.9 Å². The molecular weight excluding hydrogens is 799 g/mol. The fourth-order valence-corrected chi connectivity index (χ4v) is 1.66. The third kappa shape index (κ3) is 37.2. The zero-order valence-electron chi connectivity index (χ0n) is 21.6. The van der Waals surface area contributed by atoms with Crippen LogP contribution in [0.4, 0.5) is 0 Å². The van der Waals surface area contributed by atoms with E-state index in [1.807, 2.05) is 72.8 Å². The first-order valence-corrected chi connectivity index (χ1v) is 10.6. The number of aromatic nitrogens is 6. The van der Waals surface area contributed by atoms with Crippen molar-refractivity contribution in [3.8, 4) is 0 Å². The van der Waals surface area contributed by atoms with Gasteiger partial charge in [0.05, 0.1) is 0 Å². The first kappa shape index (κ1) is 44.1. The van der Waals surface area contributed by atoms with E-state index in [0.717, 1.165) is 0 Å². The Bertz CT molecular complexity index is 724. The van der Waals surface area contributed by atoms with Crippen molar-refractivity contribution in [2.45, 2.75) is 0 Å². The summed E-state index contributed by atoms with van der Waals surface area (Å²) in [7, 11) is 0. The second kappa shape index (κ2) is 40.5. The van der Waals surface area contributed by atoms with Gasteiger partial charge in [0, 0.05) is 19.5 Å². The van der Waals surface area contributed by atoms with Crippen molar-refractivity contribution >= 4 is 19.8 Å². The molecule has 6 heterocycles. The molecule has 40 heavy (non-hydrogen) atoms. The van der Waals surface area contributed by atoms with Crippen molar-refractivity contribution in [2.75, 3.05) is 0 Å². The average molecular weight is 830 g/mol. The van der Waals surface area contributed by atoms with Crippen molar-refractivity contribution < 1.29 is 39.3 Å². The SMILES string of the molecule is P.P.[Os+6].[Rh].[c-]1ccccn1.[c-]1ccccn1.[c-]1ccccn1.[c-]1ccccn1.[c-]1ccccn1.[c-]1ccccn1. The van der Waals surface area contributed by atoms with E-state index in [-0.39, 0.29) is 59.1 Å². The topological polar surface area (TPSA) is 77.3 Å². The van der Waals surface area contributed by atoms with Crippen molar-refractivity contribution in [1.29, 1.82) is 0 Å². The summed E-state index contributed by atoms with van der Waals surface area (Å²) in [6, 6.07) is 33.0. The Morgan fingerprint density at radius 2 is 0.425 bits per heavy atom. The Morgan fingerprint density at radius 1 is 0.275 bits per heavy atom. The minimum Gasteiger partial charge on any atom is -0.394 e. The van der Waals surface area contributed by atoms with Crippen molar-refractivity contribution in [3.63, 3.8) is 0 Å². The van der Waals surface area contributed by atoms with Gasteiger partial charge in [-0.3, -0.25) is 0 Å². The largest absolute Gasteiger partial charge is 6.00 e. The molecule has 0 aromatic carbocycles. The third-order valence-electron chi connectivity index (χ3n) is 3.10. The molecule has 0 spiro atoms. The van der Waals surface area contributed by atoms with E-state index in [2.05, 4.69) is 67.1 Å². The maximum absolute atomic E-state index is 3.66. The van der Waals surface area contributed by atoms with Crippen LogP contribution in [0.25, 0.3) is 0 Å². The molecule has 0 saturated carbocycles. The Kier molecular flexibility index (Phi) is 44.6. The predicted molar refractivity (Wildman–Crippen MR) is 161 cm³/mol. The summed E-state index contributed by atoms with van der Waals surface area (Å²) in [6.07, 6.45) is 26.0. The van der Waals surface area contributed by atoms with Gasteiger partial charge in [-0.25, -0.2) is 0 Å². The summed E-state index contributed by atoms with van der Waals surface area (Å²) in [6.45, 7) is 0. The van der Waals surface area contributed by atoms with Crippen LogP contribution < -0.4 is 0 Å². The van der Waals surface area contributed by atoms with Crippen LogP contribution in [0, 0.1) is 37.2 Å². The Morgan fingerprint density at radius 3 is 0.450 bits per heavy atom. The molecule has 207 valence electrons. The average Bonchev–Trinajstić information content (AvgIpc) is 3.04. The minimum atomic E-state index is 0.